The lowest BCUT2D eigenvalue weighted by atomic mass is 10.2. The number of rotatable bonds is 3. The molecule has 0 saturated carbocycles. The van der Waals surface area contributed by atoms with Gasteiger partial charge in [0.15, 0.2) is 0 Å². The van der Waals surface area contributed by atoms with Gasteiger partial charge in [-0.3, -0.25) is 0 Å². The molecule has 0 spiro atoms. The molecule has 1 atom stereocenters. The number of hydrogen-bond donors (Lipinski definition) is 0. The van der Waals surface area contributed by atoms with Gasteiger partial charge in [0, 0.05) is 12.7 Å². The summed E-state index contributed by atoms with van der Waals surface area (Å²) in [6, 6.07) is 5.00. The molecule has 1 fully saturated rings. The lowest BCUT2D eigenvalue weighted by Crippen LogP contribution is -2.16. The fourth-order valence-electron chi connectivity index (χ4n) is 1.50. The molecule has 1 aromatic carbocycles. The van der Waals surface area contributed by atoms with Gasteiger partial charge in [0.05, 0.1) is 11.1 Å². The van der Waals surface area contributed by atoms with Crippen molar-refractivity contribution in [1.29, 1.82) is 0 Å². The van der Waals surface area contributed by atoms with E-state index in [9.17, 15) is 4.39 Å². The minimum Gasteiger partial charge on any atom is -0.489 e. The van der Waals surface area contributed by atoms with Crippen molar-refractivity contribution < 1.29 is 13.9 Å². The van der Waals surface area contributed by atoms with Crippen LogP contribution in [-0.2, 0) is 4.74 Å². The Morgan fingerprint density at radius 3 is 3.20 bits per heavy atom. The van der Waals surface area contributed by atoms with Gasteiger partial charge in [-0.1, -0.05) is 11.6 Å². The number of benzene rings is 1. The lowest BCUT2D eigenvalue weighted by molar-refractivity contribution is 0.0679. The molecular formula is C11H11ClFO2. The Balaban J connectivity index is 1.92. The average molecular weight is 230 g/mol. The molecule has 15 heavy (non-hydrogen) atoms. The summed E-state index contributed by atoms with van der Waals surface area (Å²) in [7, 11) is 0. The van der Waals surface area contributed by atoms with E-state index >= 15 is 0 Å². The highest BCUT2D eigenvalue weighted by Gasteiger charge is 2.16. The maximum atomic E-state index is 12.7. The van der Waals surface area contributed by atoms with Crippen molar-refractivity contribution >= 4 is 11.6 Å². The first-order valence-electron chi connectivity index (χ1n) is 4.87. The van der Waals surface area contributed by atoms with Crippen LogP contribution in [0.3, 0.4) is 0 Å². The van der Waals surface area contributed by atoms with E-state index in [0.29, 0.717) is 12.4 Å². The summed E-state index contributed by atoms with van der Waals surface area (Å²) in [6.45, 7) is 1.25. The molecule has 1 radical (unpaired) electrons. The predicted octanol–water partition coefficient (Wildman–Crippen LogP) is 2.84. The van der Waals surface area contributed by atoms with Crippen LogP contribution in [0.4, 0.5) is 4.39 Å². The standard InChI is InChI=1S/C11H11ClFO2/c12-10-6-8(13)3-4-11(10)15-7-9-2-1-5-14-9/h4,6,9H,1-2,5,7H2. The van der Waals surface area contributed by atoms with E-state index in [0.717, 1.165) is 19.4 Å². The zero-order valence-electron chi connectivity index (χ0n) is 8.13. The fraction of sp³-hybridized carbons (Fsp3) is 0.455. The summed E-state index contributed by atoms with van der Waals surface area (Å²) in [5.41, 5.74) is 0. The molecule has 0 bridgehead atoms. The summed E-state index contributed by atoms with van der Waals surface area (Å²) >= 11 is 5.79. The summed E-state index contributed by atoms with van der Waals surface area (Å²) < 4.78 is 23.5. The van der Waals surface area contributed by atoms with Gasteiger partial charge in [-0.05, 0) is 25.0 Å². The first-order chi connectivity index (χ1) is 7.25. The van der Waals surface area contributed by atoms with Crippen molar-refractivity contribution in [2.24, 2.45) is 0 Å². The van der Waals surface area contributed by atoms with E-state index in [-0.39, 0.29) is 11.1 Å². The molecule has 2 nitrogen and oxygen atoms in total. The van der Waals surface area contributed by atoms with Crippen molar-refractivity contribution in [2.45, 2.75) is 18.9 Å². The maximum Gasteiger partial charge on any atom is 0.138 e. The third-order valence-electron chi connectivity index (χ3n) is 2.28. The van der Waals surface area contributed by atoms with Crippen molar-refractivity contribution in [2.75, 3.05) is 13.2 Å². The second-order valence-corrected chi connectivity index (χ2v) is 3.85. The van der Waals surface area contributed by atoms with E-state index in [1.165, 1.54) is 12.1 Å². The van der Waals surface area contributed by atoms with Crippen LogP contribution in [0.5, 0.6) is 5.75 Å². The van der Waals surface area contributed by atoms with Crippen LogP contribution in [0, 0.1) is 11.9 Å². The average Bonchev–Trinajstić information content (AvgIpc) is 2.69. The molecule has 1 aliphatic rings. The summed E-state index contributed by atoms with van der Waals surface area (Å²) in [4.78, 5) is 0. The highest BCUT2D eigenvalue weighted by atomic mass is 35.5. The Morgan fingerprint density at radius 2 is 2.53 bits per heavy atom. The van der Waals surface area contributed by atoms with E-state index in [1.807, 2.05) is 0 Å². The minimum atomic E-state index is -0.482. The van der Waals surface area contributed by atoms with Crippen molar-refractivity contribution in [3.8, 4) is 5.75 Å². The van der Waals surface area contributed by atoms with Crippen LogP contribution in [0.1, 0.15) is 12.8 Å². The fourth-order valence-corrected chi connectivity index (χ4v) is 1.70. The SMILES string of the molecule is Fc1[c]cc(OCC2CCCO2)c(Cl)c1. The molecule has 1 unspecified atom stereocenters. The Labute approximate surface area is 92.9 Å². The van der Waals surface area contributed by atoms with Gasteiger partial charge in [-0.25, -0.2) is 4.39 Å². The number of halogens is 2. The van der Waals surface area contributed by atoms with Gasteiger partial charge in [0.25, 0.3) is 0 Å². The molecule has 1 aliphatic heterocycles. The van der Waals surface area contributed by atoms with Crippen LogP contribution in [0.2, 0.25) is 5.02 Å². The molecule has 0 aromatic heterocycles. The molecule has 1 saturated heterocycles. The first kappa shape index (κ1) is 10.7. The lowest BCUT2D eigenvalue weighted by Gasteiger charge is -2.12. The Hall–Kier alpha value is -0.800. The van der Waals surface area contributed by atoms with Gasteiger partial charge in [-0.2, -0.15) is 0 Å². The smallest absolute Gasteiger partial charge is 0.138 e. The quantitative estimate of drug-likeness (QED) is 0.794. The van der Waals surface area contributed by atoms with E-state index in [2.05, 4.69) is 6.07 Å². The van der Waals surface area contributed by atoms with Crippen LogP contribution in [0.15, 0.2) is 12.1 Å². The summed E-state index contributed by atoms with van der Waals surface area (Å²) in [5.74, 6) is -0.0296. The zero-order chi connectivity index (χ0) is 10.7. The van der Waals surface area contributed by atoms with Crippen molar-refractivity contribution in [3.05, 3.63) is 29.0 Å². The minimum absolute atomic E-state index is 0.131. The molecule has 4 heteroatoms. The van der Waals surface area contributed by atoms with Crippen LogP contribution in [-0.4, -0.2) is 19.3 Å². The first-order valence-corrected chi connectivity index (χ1v) is 5.24. The van der Waals surface area contributed by atoms with E-state index < -0.39 is 5.82 Å². The second-order valence-electron chi connectivity index (χ2n) is 3.44. The molecule has 0 amide bonds. The van der Waals surface area contributed by atoms with Gasteiger partial charge in [-0.15, -0.1) is 0 Å². The molecule has 81 valence electrons. The van der Waals surface area contributed by atoms with Gasteiger partial charge in [0.1, 0.15) is 18.2 Å². The van der Waals surface area contributed by atoms with Gasteiger partial charge < -0.3 is 9.47 Å². The molecule has 2 rings (SSSR count). The maximum absolute atomic E-state index is 12.7. The normalized spacial score (nSPS) is 20.5. The van der Waals surface area contributed by atoms with Crippen molar-refractivity contribution in [3.63, 3.8) is 0 Å². The Bertz CT molecular complexity index is 337. The highest BCUT2D eigenvalue weighted by molar-refractivity contribution is 6.32. The molecule has 1 aromatic rings. The van der Waals surface area contributed by atoms with E-state index in [4.69, 9.17) is 21.1 Å². The van der Waals surface area contributed by atoms with Gasteiger partial charge >= 0.3 is 0 Å². The Morgan fingerprint density at radius 1 is 1.67 bits per heavy atom. The number of hydrogen-bond acceptors (Lipinski definition) is 2. The second kappa shape index (κ2) is 4.81. The summed E-state index contributed by atoms with van der Waals surface area (Å²) in [5, 5.41) is 0.268. The van der Waals surface area contributed by atoms with E-state index in [1.54, 1.807) is 0 Å². The largest absolute Gasteiger partial charge is 0.489 e. The van der Waals surface area contributed by atoms with Crippen molar-refractivity contribution in [1.82, 2.24) is 0 Å². The molecule has 1 heterocycles. The summed E-state index contributed by atoms with van der Waals surface area (Å²) in [6.07, 6.45) is 2.20. The predicted molar refractivity (Wildman–Crippen MR) is 54.7 cm³/mol. The van der Waals surface area contributed by atoms with Crippen LogP contribution >= 0.6 is 11.6 Å². The van der Waals surface area contributed by atoms with Crippen LogP contribution in [0.25, 0.3) is 0 Å². The Kier molecular flexibility index (Phi) is 3.44. The highest BCUT2D eigenvalue weighted by Crippen LogP contribution is 2.25. The van der Waals surface area contributed by atoms with Gasteiger partial charge in [0.2, 0.25) is 0 Å². The molecular weight excluding hydrogens is 219 g/mol. The third-order valence-corrected chi connectivity index (χ3v) is 2.57. The topological polar surface area (TPSA) is 18.5 Å². The third kappa shape index (κ3) is 2.83. The molecule has 0 N–H and O–H groups in total. The monoisotopic (exact) mass is 229 g/mol. The molecule has 0 aliphatic carbocycles. The van der Waals surface area contributed by atoms with Crippen LogP contribution < -0.4 is 4.74 Å². The number of ether oxygens (including phenoxy) is 2. The zero-order valence-corrected chi connectivity index (χ0v) is 8.89.